The van der Waals surface area contributed by atoms with E-state index in [1.54, 1.807) is 12.1 Å². The topological polar surface area (TPSA) is 51.5 Å². The molecule has 1 heterocycles. The van der Waals surface area contributed by atoms with Crippen LogP contribution in [-0.4, -0.2) is 12.5 Å². The quantitative estimate of drug-likeness (QED) is 0.901. The van der Waals surface area contributed by atoms with Crippen LogP contribution in [0.25, 0.3) is 0 Å². The molecule has 5 heteroatoms. The Balaban J connectivity index is 2.12. The molecular weight excluding hydrogens is 266 g/mol. The van der Waals surface area contributed by atoms with Gasteiger partial charge in [0.1, 0.15) is 5.75 Å². The molecule has 2 aromatic rings. The zero-order chi connectivity index (χ0) is 13.7. The number of amides is 1. The third-order valence-electron chi connectivity index (χ3n) is 2.39. The van der Waals surface area contributed by atoms with Gasteiger partial charge in [-0.25, -0.2) is 0 Å². The van der Waals surface area contributed by atoms with Crippen LogP contribution in [0.3, 0.4) is 0 Å². The van der Waals surface area contributed by atoms with E-state index in [9.17, 15) is 4.79 Å². The summed E-state index contributed by atoms with van der Waals surface area (Å²) in [4.78, 5) is 11.9. The highest BCUT2D eigenvalue weighted by atomic mass is 35.5. The Labute approximate surface area is 116 Å². The SMILES string of the molecule is CCCOc1ccccc1NC(=O)c1ccc(Cl)o1. The lowest BCUT2D eigenvalue weighted by Gasteiger charge is -2.10. The number of furan rings is 1. The number of rotatable bonds is 5. The average Bonchev–Trinajstić information content (AvgIpc) is 2.84. The van der Waals surface area contributed by atoms with Crippen LogP contribution < -0.4 is 10.1 Å². The van der Waals surface area contributed by atoms with Gasteiger partial charge >= 0.3 is 0 Å². The lowest BCUT2D eigenvalue weighted by molar-refractivity contribution is 0.0996. The van der Waals surface area contributed by atoms with Gasteiger partial charge in [-0.3, -0.25) is 4.79 Å². The van der Waals surface area contributed by atoms with Crippen molar-refractivity contribution in [1.29, 1.82) is 0 Å². The van der Waals surface area contributed by atoms with E-state index in [2.05, 4.69) is 5.32 Å². The minimum absolute atomic E-state index is 0.162. The zero-order valence-corrected chi connectivity index (χ0v) is 11.2. The van der Waals surface area contributed by atoms with Gasteiger partial charge in [0.25, 0.3) is 5.91 Å². The molecule has 1 aromatic heterocycles. The van der Waals surface area contributed by atoms with Gasteiger partial charge < -0.3 is 14.5 Å². The smallest absolute Gasteiger partial charge is 0.291 e. The van der Waals surface area contributed by atoms with E-state index in [-0.39, 0.29) is 16.9 Å². The average molecular weight is 280 g/mol. The number of carbonyl (C=O) groups excluding carboxylic acids is 1. The molecule has 19 heavy (non-hydrogen) atoms. The summed E-state index contributed by atoms with van der Waals surface area (Å²) in [5, 5.41) is 2.91. The largest absolute Gasteiger partial charge is 0.491 e. The molecule has 1 N–H and O–H groups in total. The second-order valence-corrected chi connectivity index (χ2v) is 4.28. The number of nitrogens with one attached hydrogen (secondary N) is 1. The molecule has 100 valence electrons. The van der Waals surface area contributed by atoms with E-state index in [0.29, 0.717) is 18.0 Å². The fourth-order valence-electron chi connectivity index (χ4n) is 1.53. The maximum atomic E-state index is 11.9. The van der Waals surface area contributed by atoms with Crippen molar-refractivity contribution >= 4 is 23.2 Å². The van der Waals surface area contributed by atoms with Crippen molar-refractivity contribution in [2.75, 3.05) is 11.9 Å². The molecule has 0 aliphatic heterocycles. The first-order valence-corrected chi connectivity index (χ1v) is 6.37. The highest BCUT2D eigenvalue weighted by Crippen LogP contribution is 2.25. The first-order chi connectivity index (χ1) is 9.20. The summed E-state index contributed by atoms with van der Waals surface area (Å²) in [6.07, 6.45) is 0.899. The second kappa shape index (κ2) is 6.29. The third kappa shape index (κ3) is 3.51. The molecule has 0 aliphatic carbocycles. The van der Waals surface area contributed by atoms with E-state index in [1.165, 1.54) is 12.1 Å². The van der Waals surface area contributed by atoms with E-state index in [4.69, 9.17) is 20.8 Å². The van der Waals surface area contributed by atoms with Crippen LogP contribution in [0.1, 0.15) is 23.9 Å². The van der Waals surface area contributed by atoms with Crippen LogP contribution in [0.5, 0.6) is 5.75 Å². The highest BCUT2D eigenvalue weighted by Gasteiger charge is 2.13. The summed E-state index contributed by atoms with van der Waals surface area (Å²) in [7, 11) is 0. The van der Waals surface area contributed by atoms with Crippen molar-refractivity contribution in [3.8, 4) is 5.75 Å². The third-order valence-corrected chi connectivity index (χ3v) is 2.60. The Kier molecular flexibility index (Phi) is 4.47. The van der Waals surface area contributed by atoms with Crippen LogP contribution in [0.15, 0.2) is 40.8 Å². The first kappa shape index (κ1) is 13.5. The Morgan fingerprint density at radius 1 is 1.32 bits per heavy atom. The van der Waals surface area contributed by atoms with Gasteiger partial charge in [0.05, 0.1) is 12.3 Å². The van der Waals surface area contributed by atoms with E-state index in [0.717, 1.165) is 6.42 Å². The van der Waals surface area contributed by atoms with Crippen LogP contribution in [-0.2, 0) is 0 Å². The summed E-state index contributed by atoms with van der Waals surface area (Å²) in [5.74, 6) is 0.435. The van der Waals surface area contributed by atoms with E-state index in [1.807, 2.05) is 19.1 Å². The molecule has 0 saturated heterocycles. The predicted molar refractivity (Wildman–Crippen MR) is 73.9 cm³/mol. The zero-order valence-electron chi connectivity index (χ0n) is 10.5. The van der Waals surface area contributed by atoms with Gasteiger partial charge in [0.15, 0.2) is 11.0 Å². The molecule has 0 bridgehead atoms. The number of halogens is 1. The summed E-state index contributed by atoms with van der Waals surface area (Å²) in [6.45, 7) is 2.62. The fourth-order valence-corrected chi connectivity index (χ4v) is 1.67. The van der Waals surface area contributed by atoms with Gasteiger partial charge in [-0.05, 0) is 42.3 Å². The number of carbonyl (C=O) groups is 1. The molecule has 0 saturated carbocycles. The number of para-hydroxylation sites is 2. The molecule has 0 atom stereocenters. The summed E-state index contributed by atoms with van der Waals surface area (Å²) < 4.78 is 10.6. The highest BCUT2D eigenvalue weighted by molar-refractivity contribution is 6.29. The number of ether oxygens (including phenoxy) is 1. The molecular formula is C14H14ClNO3. The normalized spacial score (nSPS) is 10.2. The maximum absolute atomic E-state index is 11.9. The Morgan fingerprint density at radius 3 is 2.79 bits per heavy atom. The number of hydrogen-bond donors (Lipinski definition) is 1. The molecule has 1 aromatic carbocycles. The van der Waals surface area contributed by atoms with Crippen LogP contribution in [0.4, 0.5) is 5.69 Å². The maximum Gasteiger partial charge on any atom is 0.291 e. The van der Waals surface area contributed by atoms with Gasteiger partial charge in [0.2, 0.25) is 0 Å². The lowest BCUT2D eigenvalue weighted by atomic mass is 10.3. The lowest BCUT2D eigenvalue weighted by Crippen LogP contribution is -2.12. The summed E-state index contributed by atoms with van der Waals surface area (Å²) in [5.41, 5.74) is 0.605. The fraction of sp³-hybridized carbons (Fsp3) is 0.214. The van der Waals surface area contributed by atoms with Crippen molar-refractivity contribution in [2.45, 2.75) is 13.3 Å². The van der Waals surface area contributed by atoms with Crippen molar-refractivity contribution in [3.63, 3.8) is 0 Å². The second-order valence-electron chi connectivity index (χ2n) is 3.90. The molecule has 0 spiro atoms. The van der Waals surface area contributed by atoms with Crippen molar-refractivity contribution in [1.82, 2.24) is 0 Å². The first-order valence-electron chi connectivity index (χ1n) is 5.99. The van der Waals surface area contributed by atoms with Gasteiger partial charge in [-0.15, -0.1) is 0 Å². The molecule has 0 aliphatic rings. The van der Waals surface area contributed by atoms with E-state index >= 15 is 0 Å². The van der Waals surface area contributed by atoms with E-state index < -0.39 is 0 Å². The monoisotopic (exact) mass is 279 g/mol. The Bertz CT molecular complexity index is 565. The number of benzene rings is 1. The minimum Gasteiger partial charge on any atom is -0.491 e. The van der Waals surface area contributed by atoms with Crippen LogP contribution in [0, 0.1) is 0 Å². The summed E-state index contributed by atoms with van der Waals surface area (Å²) >= 11 is 5.64. The molecule has 2 rings (SSSR count). The minimum atomic E-state index is -0.362. The number of anilines is 1. The van der Waals surface area contributed by atoms with Gasteiger partial charge in [0, 0.05) is 0 Å². The summed E-state index contributed by atoms with van der Waals surface area (Å²) in [6, 6.07) is 10.3. The van der Waals surface area contributed by atoms with Gasteiger partial charge in [-0.1, -0.05) is 19.1 Å². The van der Waals surface area contributed by atoms with Crippen molar-refractivity contribution in [3.05, 3.63) is 47.4 Å². The van der Waals surface area contributed by atoms with Crippen LogP contribution in [0.2, 0.25) is 5.22 Å². The number of hydrogen-bond acceptors (Lipinski definition) is 3. The molecule has 0 unspecified atom stereocenters. The van der Waals surface area contributed by atoms with Gasteiger partial charge in [-0.2, -0.15) is 0 Å². The predicted octanol–water partition coefficient (Wildman–Crippen LogP) is 3.97. The molecule has 0 radical (unpaired) electrons. The Hall–Kier alpha value is -1.94. The molecule has 1 amide bonds. The molecule has 4 nitrogen and oxygen atoms in total. The van der Waals surface area contributed by atoms with Crippen molar-refractivity contribution in [2.24, 2.45) is 0 Å². The molecule has 0 fully saturated rings. The van der Waals surface area contributed by atoms with Crippen LogP contribution >= 0.6 is 11.6 Å². The Morgan fingerprint density at radius 2 is 2.11 bits per heavy atom. The van der Waals surface area contributed by atoms with Crippen molar-refractivity contribution < 1.29 is 13.9 Å². The standard InChI is InChI=1S/C14H14ClNO3/c1-2-9-18-11-6-4-3-5-10(11)16-14(17)12-7-8-13(15)19-12/h3-8H,2,9H2,1H3,(H,16,17).